The Morgan fingerprint density at radius 3 is 2.55 bits per heavy atom. The van der Waals surface area contributed by atoms with Gasteiger partial charge in [-0.1, -0.05) is 42.1 Å². The fourth-order valence-corrected chi connectivity index (χ4v) is 5.90. The summed E-state index contributed by atoms with van der Waals surface area (Å²) in [6.45, 7) is 1.34. The first-order chi connectivity index (χ1) is 15.0. The highest BCUT2D eigenvalue weighted by Gasteiger charge is 2.31. The standard InChI is InChI=1S/C21H23N5O3S2/c27-19(14-30-21-22-20(23-24-21)16-5-6-16)25-9-11-26(12-10-25)31(28,29)18-8-7-15-3-1-2-4-17(15)13-18/h1-4,7-8,13,16H,5-6,9-12,14H2,(H,22,23,24). The second-order valence-electron chi connectivity index (χ2n) is 7.86. The van der Waals surface area contributed by atoms with E-state index >= 15 is 0 Å². The van der Waals surface area contributed by atoms with Crippen molar-refractivity contribution < 1.29 is 13.2 Å². The van der Waals surface area contributed by atoms with Crippen LogP contribution in [0.25, 0.3) is 10.8 Å². The molecule has 31 heavy (non-hydrogen) atoms. The molecule has 0 bridgehead atoms. The second-order valence-corrected chi connectivity index (χ2v) is 10.7. The zero-order valence-corrected chi connectivity index (χ0v) is 18.5. The van der Waals surface area contributed by atoms with Crippen LogP contribution in [0.5, 0.6) is 0 Å². The average molecular weight is 458 g/mol. The van der Waals surface area contributed by atoms with Gasteiger partial charge in [-0.25, -0.2) is 13.4 Å². The molecule has 0 atom stereocenters. The molecule has 10 heteroatoms. The normalized spacial score (nSPS) is 17.9. The van der Waals surface area contributed by atoms with Gasteiger partial charge >= 0.3 is 0 Å². The number of nitrogens with zero attached hydrogens (tertiary/aromatic N) is 4. The third-order valence-corrected chi connectivity index (χ3v) is 8.45. The van der Waals surface area contributed by atoms with E-state index in [9.17, 15) is 13.2 Å². The number of aromatic nitrogens is 3. The second kappa shape index (κ2) is 8.25. The summed E-state index contributed by atoms with van der Waals surface area (Å²) in [5, 5.41) is 9.59. The van der Waals surface area contributed by atoms with Crippen LogP contribution in [0, 0.1) is 0 Å². The monoisotopic (exact) mass is 457 g/mol. The first-order valence-corrected chi connectivity index (χ1v) is 12.7. The highest BCUT2D eigenvalue weighted by Crippen LogP contribution is 2.38. The number of H-pyrrole nitrogens is 1. The van der Waals surface area contributed by atoms with Gasteiger partial charge in [-0.2, -0.15) is 4.31 Å². The summed E-state index contributed by atoms with van der Waals surface area (Å²) in [5.74, 6) is 1.63. The van der Waals surface area contributed by atoms with E-state index in [1.54, 1.807) is 17.0 Å². The van der Waals surface area contributed by atoms with Gasteiger partial charge in [0, 0.05) is 32.1 Å². The molecule has 0 spiro atoms. The van der Waals surface area contributed by atoms with Gasteiger partial charge < -0.3 is 4.90 Å². The number of thioether (sulfide) groups is 1. The lowest BCUT2D eigenvalue weighted by Crippen LogP contribution is -2.50. The molecule has 1 aromatic heterocycles. The van der Waals surface area contributed by atoms with E-state index in [0.717, 1.165) is 29.4 Å². The summed E-state index contributed by atoms with van der Waals surface area (Å²) < 4.78 is 27.6. The highest BCUT2D eigenvalue weighted by molar-refractivity contribution is 7.99. The van der Waals surface area contributed by atoms with Crippen LogP contribution >= 0.6 is 11.8 Å². The fraction of sp³-hybridized carbons (Fsp3) is 0.381. The van der Waals surface area contributed by atoms with Crippen molar-refractivity contribution in [3.05, 3.63) is 48.3 Å². The number of benzene rings is 2. The van der Waals surface area contributed by atoms with Gasteiger partial charge in [0.05, 0.1) is 10.6 Å². The van der Waals surface area contributed by atoms with Crippen molar-refractivity contribution >= 4 is 38.5 Å². The van der Waals surface area contributed by atoms with E-state index in [-0.39, 0.29) is 29.6 Å². The Kier molecular flexibility index (Phi) is 5.45. The van der Waals surface area contributed by atoms with Crippen molar-refractivity contribution in [3.63, 3.8) is 0 Å². The number of amides is 1. The topological polar surface area (TPSA) is 99.3 Å². The van der Waals surface area contributed by atoms with Crippen LogP contribution in [0.3, 0.4) is 0 Å². The number of aromatic amines is 1. The van der Waals surface area contributed by atoms with Gasteiger partial charge in [0.25, 0.3) is 0 Å². The van der Waals surface area contributed by atoms with E-state index in [1.807, 2.05) is 30.3 Å². The van der Waals surface area contributed by atoms with E-state index in [2.05, 4.69) is 15.2 Å². The average Bonchev–Trinajstić information content (AvgIpc) is 3.55. The molecule has 162 valence electrons. The predicted molar refractivity (Wildman–Crippen MR) is 118 cm³/mol. The Balaban J connectivity index is 1.18. The molecule has 0 radical (unpaired) electrons. The van der Waals surface area contributed by atoms with Crippen molar-refractivity contribution in [3.8, 4) is 0 Å². The Bertz CT molecular complexity index is 1210. The van der Waals surface area contributed by atoms with E-state index in [0.29, 0.717) is 24.2 Å². The first kappa shape index (κ1) is 20.5. The van der Waals surface area contributed by atoms with E-state index in [4.69, 9.17) is 0 Å². The minimum absolute atomic E-state index is 0.0227. The lowest BCUT2D eigenvalue weighted by atomic mass is 10.1. The Hall–Kier alpha value is -2.43. The third-order valence-electron chi connectivity index (χ3n) is 5.72. The Labute approximate surface area is 185 Å². The van der Waals surface area contributed by atoms with Crippen molar-refractivity contribution in [2.75, 3.05) is 31.9 Å². The number of fused-ring (bicyclic) bond motifs is 1. The largest absolute Gasteiger partial charge is 0.339 e. The number of carbonyl (C=O) groups excluding carboxylic acids is 1. The maximum Gasteiger partial charge on any atom is 0.243 e. The molecule has 0 unspecified atom stereocenters. The van der Waals surface area contributed by atoms with Crippen LogP contribution in [0.15, 0.2) is 52.5 Å². The molecule has 1 saturated carbocycles. The lowest BCUT2D eigenvalue weighted by Gasteiger charge is -2.34. The van der Waals surface area contributed by atoms with Crippen molar-refractivity contribution in [1.82, 2.24) is 24.4 Å². The molecule has 8 nitrogen and oxygen atoms in total. The number of hydrogen-bond donors (Lipinski definition) is 1. The van der Waals surface area contributed by atoms with Crippen molar-refractivity contribution in [2.45, 2.75) is 28.8 Å². The summed E-state index contributed by atoms with van der Waals surface area (Å²) in [6, 6.07) is 12.9. The molecular weight excluding hydrogens is 434 g/mol. The summed E-state index contributed by atoms with van der Waals surface area (Å²) in [6.07, 6.45) is 2.29. The van der Waals surface area contributed by atoms with Gasteiger partial charge in [-0.15, -0.1) is 5.10 Å². The molecule has 3 aromatic rings. The SMILES string of the molecule is O=C(CSc1n[nH]c(C2CC2)n1)N1CCN(S(=O)(=O)c2ccc3ccccc3c2)CC1. The molecule has 2 heterocycles. The molecule has 2 fully saturated rings. The molecular formula is C21H23N5O3S2. The van der Waals surface area contributed by atoms with Gasteiger partial charge in [0.1, 0.15) is 5.82 Å². The minimum atomic E-state index is -3.59. The summed E-state index contributed by atoms with van der Waals surface area (Å²) >= 11 is 1.32. The van der Waals surface area contributed by atoms with Crippen LogP contribution in [0.1, 0.15) is 24.6 Å². The number of piperazine rings is 1. The zero-order chi connectivity index (χ0) is 21.4. The molecule has 1 amide bonds. The zero-order valence-electron chi connectivity index (χ0n) is 16.9. The van der Waals surface area contributed by atoms with Crippen LogP contribution in [-0.2, 0) is 14.8 Å². The van der Waals surface area contributed by atoms with Crippen LogP contribution < -0.4 is 0 Å². The maximum atomic E-state index is 13.1. The molecule has 5 rings (SSSR count). The van der Waals surface area contributed by atoms with Crippen LogP contribution in [0.2, 0.25) is 0 Å². The van der Waals surface area contributed by atoms with E-state index < -0.39 is 10.0 Å². The fourth-order valence-electron chi connectivity index (χ4n) is 3.73. The molecule has 1 aliphatic carbocycles. The first-order valence-electron chi connectivity index (χ1n) is 10.3. The number of hydrogen-bond acceptors (Lipinski definition) is 6. The van der Waals surface area contributed by atoms with Crippen molar-refractivity contribution in [1.29, 1.82) is 0 Å². The lowest BCUT2D eigenvalue weighted by molar-refractivity contribution is -0.129. The third kappa shape index (κ3) is 4.32. The van der Waals surface area contributed by atoms with Gasteiger partial charge in [-0.05, 0) is 35.7 Å². The Morgan fingerprint density at radius 1 is 1.06 bits per heavy atom. The molecule has 1 aliphatic heterocycles. The smallest absolute Gasteiger partial charge is 0.243 e. The molecule has 2 aliphatic rings. The summed E-state index contributed by atoms with van der Waals surface area (Å²) in [7, 11) is -3.59. The number of nitrogens with one attached hydrogen (secondary N) is 1. The van der Waals surface area contributed by atoms with E-state index in [1.165, 1.54) is 16.1 Å². The Morgan fingerprint density at radius 2 is 1.81 bits per heavy atom. The maximum absolute atomic E-state index is 13.1. The van der Waals surface area contributed by atoms with Crippen molar-refractivity contribution in [2.24, 2.45) is 0 Å². The minimum Gasteiger partial charge on any atom is -0.339 e. The number of rotatable bonds is 6. The van der Waals surface area contributed by atoms with Gasteiger partial charge in [0.15, 0.2) is 0 Å². The van der Waals surface area contributed by atoms with Gasteiger partial charge in [-0.3, -0.25) is 9.89 Å². The van der Waals surface area contributed by atoms with Gasteiger partial charge in [0.2, 0.25) is 21.1 Å². The van der Waals surface area contributed by atoms with Crippen LogP contribution in [-0.4, -0.2) is 70.6 Å². The predicted octanol–water partition coefficient (Wildman–Crippen LogP) is 2.46. The molecule has 1 N–H and O–H groups in total. The quantitative estimate of drug-likeness (QED) is 0.571. The molecule has 1 saturated heterocycles. The summed E-state index contributed by atoms with van der Waals surface area (Å²) in [5.41, 5.74) is 0. The van der Waals surface area contributed by atoms with Crippen LogP contribution in [0.4, 0.5) is 0 Å². The molecule has 2 aromatic carbocycles. The highest BCUT2D eigenvalue weighted by atomic mass is 32.2. The number of carbonyl (C=O) groups is 1. The number of sulfonamides is 1. The summed E-state index contributed by atoms with van der Waals surface area (Å²) in [4.78, 5) is 19.0.